The highest BCUT2D eigenvalue weighted by Gasteiger charge is 2.23. The van der Waals surface area contributed by atoms with Gasteiger partial charge in [0.25, 0.3) is 7.82 Å². The monoisotopic (exact) mass is 741 g/mol. The summed E-state index contributed by atoms with van der Waals surface area (Å²) in [6.45, 7) is 4.57. The fourth-order valence-corrected chi connectivity index (χ4v) is 6.43. The molecule has 0 aromatic carbocycles. The number of likely N-dealkylation sites (N-methyl/N-ethyl adjacent to an activating group) is 1. The van der Waals surface area contributed by atoms with Crippen molar-refractivity contribution >= 4 is 13.7 Å². The second-order valence-corrected chi connectivity index (χ2v) is 16.8. The van der Waals surface area contributed by atoms with Gasteiger partial charge in [-0.2, -0.15) is 0 Å². The minimum Gasteiger partial charge on any atom is -0.756 e. The SMILES string of the molecule is CCCCCCC/C=C\C/C=C\CCCCCCCCCCCC(=O)NC(COP(=O)([O-])OCC[N+](C)(C)C)C(O)/C=C/CCCCCCCC. The molecule has 0 aromatic rings. The van der Waals surface area contributed by atoms with E-state index in [9.17, 15) is 19.4 Å². The number of phosphoric acid groups is 1. The minimum absolute atomic E-state index is 0.00272. The molecule has 0 aliphatic carbocycles. The summed E-state index contributed by atoms with van der Waals surface area (Å²) in [5.41, 5.74) is 0. The molecule has 9 heteroatoms. The molecule has 2 N–H and O–H groups in total. The van der Waals surface area contributed by atoms with Gasteiger partial charge in [0, 0.05) is 6.42 Å². The van der Waals surface area contributed by atoms with Crippen molar-refractivity contribution in [3.05, 3.63) is 36.5 Å². The molecule has 0 spiro atoms. The van der Waals surface area contributed by atoms with Crippen LogP contribution in [0.15, 0.2) is 36.5 Å². The summed E-state index contributed by atoms with van der Waals surface area (Å²) in [6, 6.07) is -0.884. The Balaban J connectivity index is 4.28. The Morgan fingerprint density at radius 1 is 0.686 bits per heavy atom. The molecule has 0 saturated heterocycles. The molecule has 0 bridgehead atoms. The lowest BCUT2D eigenvalue weighted by molar-refractivity contribution is -0.870. The molecule has 300 valence electrons. The number of carbonyl (C=O) groups is 1. The molecule has 51 heavy (non-hydrogen) atoms. The molecule has 3 unspecified atom stereocenters. The third kappa shape index (κ3) is 36.9. The molecule has 0 aliphatic heterocycles. The molecule has 3 atom stereocenters. The van der Waals surface area contributed by atoms with E-state index in [4.69, 9.17) is 9.05 Å². The molecular weight excluding hydrogens is 659 g/mol. The smallest absolute Gasteiger partial charge is 0.268 e. The molecule has 0 radical (unpaired) electrons. The van der Waals surface area contributed by atoms with Gasteiger partial charge in [-0.05, 0) is 51.4 Å². The number of amides is 1. The first kappa shape index (κ1) is 49.7. The van der Waals surface area contributed by atoms with Crippen LogP contribution in [-0.4, -0.2) is 68.5 Å². The van der Waals surface area contributed by atoms with Crippen molar-refractivity contribution in [1.82, 2.24) is 5.32 Å². The molecule has 1 amide bonds. The van der Waals surface area contributed by atoms with Gasteiger partial charge in [0.15, 0.2) is 0 Å². The van der Waals surface area contributed by atoms with Gasteiger partial charge in [-0.3, -0.25) is 9.36 Å². The van der Waals surface area contributed by atoms with E-state index in [-0.39, 0.29) is 19.1 Å². The highest BCUT2D eigenvalue weighted by atomic mass is 31.2. The second kappa shape index (κ2) is 34.5. The predicted molar refractivity (Wildman–Crippen MR) is 215 cm³/mol. The molecule has 8 nitrogen and oxygen atoms in total. The van der Waals surface area contributed by atoms with Gasteiger partial charge in [-0.25, -0.2) is 0 Å². The first-order chi connectivity index (χ1) is 24.5. The molecular formula is C42H81N2O6P. The molecule has 0 heterocycles. The van der Waals surface area contributed by atoms with Gasteiger partial charge >= 0.3 is 0 Å². The molecule has 0 aliphatic rings. The van der Waals surface area contributed by atoms with Crippen molar-refractivity contribution in [2.45, 2.75) is 187 Å². The maximum Gasteiger partial charge on any atom is 0.268 e. The van der Waals surface area contributed by atoms with Crippen LogP contribution in [0.2, 0.25) is 0 Å². The normalized spacial score (nSPS) is 14.9. The van der Waals surface area contributed by atoms with Gasteiger partial charge < -0.3 is 28.8 Å². The fraction of sp³-hybridized carbons (Fsp3) is 0.833. The molecule has 0 fully saturated rings. The van der Waals surface area contributed by atoms with Gasteiger partial charge in [-0.1, -0.05) is 153 Å². The van der Waals surface area contributed by atoms with Crippen LogP contribution < -0.4 is 10.2 Å². The van der Waals surface area contributed by atoms with Crippen molar-refractivity contribution < 1.29 is 32.9 Å². The lowest BCUT2D eigenvalue weighted by atomic mass is 10.0. The second-order valence-electron chi connectivity index (χ2n) is 15.3. The maximum absolute atomic E-state index is 12.8. The third-order valence-electron chi connectivity index (χ3n) is 9.09. The lowest BCUT2D eigenvalue weighted by Crippen LogP contribution is -2.45. The molecule has 0 rings (SSSR count). The number of hydrogen-bond donors (Lipinski definition) is 2. The summed E-state index contributed by atoms with van der Waals surface area (Å²) in [4.78, 5) is 25.1. The minimum atomic E-state index is -4.58. The van der Waals surface area contributed by atoms with Gasteiger partial charge in [0.1, 0.15) is 13.2 Å². The van der Waals surface area contributed by atoms with Gasteiger partial charge in [0.2, 0.25) is 5.91 Å². The zero-order valence-corrected chi connectivity index (χ0v) is 34.7. The quantitative estimate of drug-likeness (QED) is 0.0284. The van der Waals surface area contributed by atoms with Crippen LogP contribution in [0, 0.1) is 0 Å². The van der Waals surface area contributed by atoms with Crippen molar-refractivity contribution in [2.75, 3.05) is 40.9 Å². The number of aliphatic hydroxyl groups is 1. The van der Waals surface area contributed by atoms with E-state index in [1.54, 1.807) is 6.08 Å². The number of nitrogens with one attached hydrogen (secondary N) is 1. The zero-order chi connectivity index (χ0) is 37.9. The largest absolute Gasteiger partial charge is 0.756 e. The summed E-state index contributed by atoms with van der Waals surface area (Å²) < 4.78 is 23.1. The van der Waals surface area contributed by atoms with Crippen LogP contribution in [-0.2, 0) is 18.4 Å². The highest BCUT2D eigenvalue weighted by Crippen LogP contribution is 2.38. The summed E-state index contributed by atoms with van der Waals surface area (Å²) in [7, 11) is 1.25. The highest BCUT2D eigenvalue weighted by molar-refractivity contribution is 7.45. The number of phosphoric ester groups is 1. The Bertz CT molecular complexity index is 933. The van der Waals surface area contributed by atoms with E-state index in [1.807, 2.05) is 27.2 Å². The standard InChI is InChI=1S/C42H81N2O6P/c1-6-8-10-12-14-16-17-18-19-20-21-22-23-24-25-26-27-28-30-32-34-36-42(46)43-40(39-50-51(47,48)49-38-37-44(3,4)5)41(45)35-33-31-29-15-13-11-9-7-2/h17-18,20-21,33,35,40-41,45H,6-16,19,22-32,34,36-39H2,1-5H3,(H-,43,46,47,48)/b18-17-,21-20-,35-33+. The van der Waals surface area contributed by atoms with E-state index >= 15 is 0 Å². The number of quaternary nitrogens is 1. The van der Waals surface area contributed by atoms with Crippen LogP contribution in [0.5, 0.6) is 0 Å². The van der Waals surface area contributed by atoms with E-state index < -0.39 is 20.0 Å². The number of carbonyl (C=O) groups excluding carboxylic acids is 1. The van der Waals surface area contributed by atoms with Gasteiger partial charge in [-0.15, -0.1) is 0 Å². The summed E-state index contributed by atoms with van der Waals surface area (Å²) >= 11 is 0. The van der Waals surface area contributed by atoms with Crippen molar-refractivity contribution in [2.24, 2.45) is 0 Å². The van der Waals surface area contributed by atoms with Crippen LogP contribution in [0.25, 0.3) is 0 Å². The first-order valence-corrected chi connectivity index (χ1v) is 22.3. The van der Waals surface area contributed by atoms with E-state index in [1.165, 1.54) is 109 Å². The van der Waals surface area contributed by atoms with Crippen LogP contribution in [0.3, 0.4) is 0 Å². The number of allylic oxidation sites excluding steroid dienone is 5. The van der Waals surface area contributed by atoms with Crippen molar-refractivity contribution in [3.63, 3.8) is 0 Å². The summed E-state index contributed by atoms with van der Waals surface area (Å²) in [5.74, 6) is -0.207. The maximum atomic E-state index is 12.8. The summed E-state index contributed by atoms with van der Waals surface area (Å²) in [5, 5.41) is 13.6. The Kier molecular flexibility index (Phi) is 33.6. The third-order valence-corrected chi connectivity index (χ3v) is 10.1. The Hall–Kier alpha value is -1.28. The fourth-order valence-electron chi connectivity index (χ4n) is 5.71. The van der Waals surface area contributed by atoms with Crippen LogP contribution >= 0.6 is 7.82 Å². The lowest BCUT2D eigenvalue weighted by Gasteiger charge is -2.29. The van der Waals surface area contributed by atoms with Crippen LogP contribution in [0.4, 0.5) is 0 Å². The predicted octanol–water partition coefficient (Wildman–Crippen LogP) is 10.5. The number of hydrogen-bond acceptors (Lipinski definition) is 6. The number of rotatable bonds is 37. The Morgan fingerprint density at radius 3 is 1.63 bits per heavy atom. The summed E-state index contributed by atoms with van der Waals surface area (Å²) in [6.07, 6.45) is 40.6. The number of nitrogens with zero attached hydrogens (tertiary/aromatic N) is 1. The zero-order valence-electron chi connectivity index (χ0n) is 33.8. The molecule has 0 aromatic heterocycles. The molecule has 0 saturated carbocycles. The number of unbranched alkanes of at least 4 members (excludes halogenated alkanes) is 20. The van der Waals surface area contributed by atoms with E-state index in [0.29, 0.717) is 17.4 Å². The average molecular weight is 741 g/mol. The van der Waals surface area contributed by atoms with Crippen LogP contribution in [0.1, 0.15) is 174 Å². The van der Waals surface area contributed by atoms with E-state index in [2.05, 4.69) is 43.5 Å². The Labute approximate surface area is 315 Å². The first-order valence-electron chi connectivity index (χ1n) is 20.9. The Morgan fingerprint density at radius 2 is 1.14 bits per heavy atom. The van der Waals surface area contributed by atoms with E-state index in [0.717, 1.165) is 44.9 Å². The number of aliphatic hydroxyl groups excluding tert-OH is 1. The van der Waals surface area contributed by atoms with Crippen molar-refractivity contribution in [1.29, 1.82) is 0 Å². The van der Waals surface area contributed by atoms with Gasteiger partial charge in [0.05, 0.1) is 39.9 Å². The van der Waals surface area contributed by atoms with Crippen molar-refractivity contribution in [3.8, 4) is 0 Å². The average Bonchev–Trinajstić information content (AvgIpc) is 3.07. The topological polar surface area (TPSA) is 108 Å².